The molecule has 29 heavy (non-hydrogen) atoms. The van der Waals surface area contributed by atoms with Crippen molar-refractivity contribution < 1.29 is 28.9 Å². The molecule has 2 aliphatic carbocycles. The Morgan fingerprint density at radius 2 is 1.79 bits per heavy atom. The zero-order valence-electron chi connectivity index (χ0n) is 17.3. The van der Waals surface area contributed by atoms with Gasteiger partial charge in [0.2, 0.25) is 12.3 Å². The summed E-state index contributed by atoms with van der Waals surface area (Å²) < 4.78 is -0.400. The molecule has 1 unspecified atom stereocenters. The SMILES string of the molecule is C[C@@H]1CCC[N+]1(C(=O)NC(=O)C1CCC1)C(=O)[C@H](CC1CCCC1)CN(O)C=O. The quantitative estimate of drug-likeness (QED) is 0.292. The highest BCUT2D eigenvalue weighted by Crippen LogP contribution is 2.36. The van der Waals surface area contributed by atoms with E-state index in [-0.39, 0.29) is 30.3 Å². The van der Waals surface area contributed by atoms with E-state index in [4.69, 9.17) is 0 Å². The molecule has 0 spiro atoms. The van der Waals surface area contributed by atoms with E-state index < -0.39 is 16.4 Å². The zero-order chi connectivity index (χ0) is 21.0. The van der Waals surface area contributed by atoms with Crippen molar-refractivity contribution in [1.29, 1.82) is 0 Å². The molecular weight excluding hydrogens is 374 g/mol. The Kier molecular flexibility index (Phi) is 7.05. The molecule has 0 aromatic rings. The first-order valence-corrected chi connectivity index (χ1v) is 11.1. The minimum absolute atomic E-state index is 0.116. The van der Waals surface area contributed by atoms with Crippen LogP contribution >= 0.6 is 0 Å². The molecule has 1 heterocycles. The Morgan fingerprint density at radius 1 is 1.10 bits per heavy atom. The van der Waals surface area contributed by atoms with Crippen molar-refractivity contribution >= 4 is 24.3 Å². The number of imide groups is 2. The van der Waals surface area contributed by atoms with Gasteiger partial charge in [-0.15, -0.1) is 0 Å². The van der Waals surface area contributed by atoms with Crippen LogP contribution in [-0.2, 0) is 14.4 Å². The zero-order valence-corrected chi connectivity index (χ0v) is 17.3. The van der Waals surface area contributed by atoms with Crippen LogP contribution in [0.3, 0.4) is 0 Å². The van der Waals surface area contributed by atoms with Crippen molar-refractivity contribution in [3.8, 4) is 0 Å². The molecule has 0 bridgehead atoms. The van der Waals surface area contributed by atoms with Crippen LogP contribution in [0.15, 0.2) is 0 Å². The van der Waals surface area contributed by atoms with Gasteiger partial charge in [0.05, 0.1) is 19.0 Å². The molecule has 3 aliphatic rings. The van der Waals surface area contributed by atoms with E-state index in [0.29, 0.717) is 30.4 Å². The maximum absolute atomic E-state index is 13.7. The van der Waals surface area contributed by atoms with Crippen LogP contribution in [-0.4, -0.2) is 58.1 Å². The molecular formula is C21H34N3O5+. The van der Waals surface area contributed by atoms with Gasteiger partial charge in [0.25, 0.3) is 0 Å². The molecule has 5 amide bonds. The van der Waals surface area contributed by atoms with Crippen LogP contribution in [0.1, 0.15) is 71.1 Å². The number of quaternary nitrogens is 1. The fourth-order valence-electron chi connectivity index (χ4n) is 5.28. The van der Waals surface area contributed by atoms with Crippen molar-refractivity contribution in [2.75, 3.05) is 13.1 Å². The molecule has 0 aromatic carbocycles. The van der Waals surface area contributed by atoms with Crippen LogP contribution in [0.5, 0.6) is 0 Å². The Bertz CT molecular complexity index is 644. The molecule has 2 N–H and O–H groups in total. The van der Waals surface area contributed by atoms with E-state index in [9.17, 15) is 24.4 Å². The summed E-state index contributed by atoms with van der Waals surface area (Å²) in [4.78, 5) is 50.4. The van der Waals surface area contributed by atoms with Crippen molar-refractivity contribution in [1.82, 2.24) is 10.4 Å². The summed E-state index contributed by atoms with van der Waals surface area (Å²) in [7, 11) is 0. The molecule has 3 atom stereocenters. The largest absolute Gasteiger partial charge is 0.430 e. The first-order valence-electron chi connectivity index (χ1n) is 11.1. The normalized spacial score (nSPS) is 28.6. The topological polar surface area (TPSA) is 104 Å². The van der Waals surface area contributed by atoms with Gasteiger partial charge in [0, 0.05) is 18.8 Å². The van der Waals surface area contributed by atoms with Gasteiger partial charge in [-0.05, 0) is 32.1 Å². The minimum atomic E-state index is -0.626. The molecule has 8 nitrogen and oxygen atoms in total. The summed E-state index contributed by atoms with van der Waals surface area (Å²) in [6, 6.07) is -0.768. The second-order valence-electron chi connectivity index (χ2n) is 9.15. The fourth-order valence-corrected chi connectivity index (χ4v) is 5.28. The summed E-state index contributed by atoms with van der Waals surface area (Å²) in [6.45, 7) is 2.12. The third kappa shape index (κ3) is 4.53. The van der Waals surface area contributed by atoms with E-state index in [1.807, 2.05) is 6.92 Å². The Morgan fingerprint density at radius 3 is 2.31 bits per heavy atom. The molecule has 3 fully saturated rings. The number of hydrogen-bond donors (Lipinski definition) is 2. The van der Waals surface area contributed by atoms with Crippen molar-refractivity contribution in [2.45, 2.75) is 77.2 Å². The third-order valence-corrected chi connectivity index (χ3v) is 7.32. The molecule has 3 rings (SSSR count). The van der Waals surface area contributed by atoms with Gasteiger partial charge < -0.3 is 0 Å². The average Bonchev–Trinajstić information content (AvgIpc) is 3.28. The third-order valence-electron chi connectivity index (χ3n) is 7.32. The Labute approximate surface area is 172 Å². The highest BCUT2D eigenvalue weighted by atomic mass is 16.5. The molecule has 8 heteroatoms. The molecule has 0 aromatic heterocycles. The number of likely N-dealkylation sites (tertiary alicyclic amines) is 1. The van der Waals surface area contributed by atoms with E-state index in [0.717, 1.165) is 57.8 Å². The highest BCUT2D eigenvalue weighted by molar-refractivity contribution is 5.97. The highest BCUT2D eigenvalue weighted by Gasteiger charge is 2.55. The van der Waals surface area contributed by atoms with Gasteiger partial charge in [0.15, 0.2) is 0 Å². The monoisotopic (exact) mass is 408 g/mol. The number of urea groups is 1. The fraction of sp³-hybridized carbons (Fsp3) is 0.810. The van der Waals surface area contributed by atoms with Gasteiger partial charge >= 0.3 is 11.9 Å². The lowest BCUT2D eigenvalue weighted by molar-refractivity contribution is -0.786. The first-order chi connectivity index (χ1) is 13.9. The number of amides is 5. The molecule has 1 aliphatic heterocycles. The predicted molar refractivity (Wildman–Crippen MR) is 104 cm³/mol. The number of nitrogens with one attached hydrogen (secondary N) is 1. The van der Waals surface area contributed by atoms with Crippen LogP contribution in [0.4, 0.5) is 4.79 Å². The lowest BCUT2D eigenvalue weighted by Gasteiger charge is -2.36. The van der Waals surface area contributed by atoms with Crippen LogP contribution in [0.25, 0.3) is 0 Å². The standard InChI is InChI=1S/C21H33N3O5/c1-15-6-5-11-24(15,21(28)22-19(26)17-9-4-10-17)20(27)18(13-23(29)14-25)12-16-7-2-3-8-16/h14-18,29H,2-13H2,1H3/p+1/t15-,18-,24?/m1/s1. The summed E-state index contributed by atoms with van der Waals surface area (Å²) in [5.74, 6) is -0.958. The van der Waals surface area contributed by atoms with Gasteiger partial charge in [-0.1, -0.05) is 32.1 Å². The van der Waals surface area contributed by atoms with E-state index in [1.54, 1.807) is 0 Å². The average molecular weight is 409 g/mol. The van der Waals surface area contributed by atoms with Crippen LogP contribution in [0, 0.1) is 17.8 Å². The Hall–Kier alpha value is -1.80. The van der Waals surface area contributed by atoms with E-state index in [1.165, 1.54) is 0 Å². The summed E-state index contributed by atoms with van der Waals surface area (Å²) in [5, 5.41) is 12.8. The molecule has 162 valence electrons. The van der Waals surface area contributed by atoms with Crippen molar-refractivity contribution in [3.63, 3.8) is 0 Å². The number of carbonyl (C=O) groups is 4. The Balaban J connectivity index is 1.81. The molecule has 1 saturated heterocycles. The lowest BCUT2D eigenvalue weighted by Crippen LogP contribution is -2.66. The van der Waals surface area contributed by atoms with Crippen molar-refractivity contribution in [3.05, 3.63) is 0 Å². The van der Waals surface area contributed by atoms with Gasteiger partial charge in [-0.2, -0.15) is 4.48 Å². The molecule has 0 radical (unpaired) electrons. The number of hydrogen-bond acceptors (Lipinski definition) is 5. The number of carbonyl (C=O) groups excluding carboxylic acids is 4. The second kappa shape index (κ2) is 9.34. The van der Waals surface area contributed by atoms with E-state index >= 15 is 0 Å². The maximum atomic E-state index is 13.7. The lowest BCUT2D eigenvalue weighted by atomic mass is 9.85. The number of nitrogens with zero attached hydrogens (tertiary/aromatic N) is 2. The summed E-state index contributed by atoms with van der Waals surface area (Å²) >= 11 is 0. The molecule has 2 saturated carbocycles. The number of hydroxylamine groups is 2. The van der Waals surface area contributed by atoms with E-state index in [2.05, 4.69) is 5.32 Å². The van der Waals surface area contributed by atoms with Crippen LogP contribution < -0.4 is 5.32 Å². The van der Waals surface area contributed by atoms with Gasteiger partial charge in [-0.25, -0.2) is 20.0 Å². The summed E-state index contributed by atoms with van der Waals surface area (Å²) in [6.07, 6.45) is 9.15. The van der Waals surface area contributed by atoms with Crippen molar-refractivity contribution in [2.24, 2.45) is 17.8 Å². The second-order valence-corrected chi connectivity index (χ2v) is 9.15. The first kappa shape index (κ1) is 21.9. The maximum Gasteiger partial charge on any atom is 0.430 e. The van der Waals surface area contributed by atoms with Crippen LogP contribution in [0.2, 0.25) is 0 Å². The summed E-state index contributed by atoms with van der Waals surface area (Å²) in [5.41, 5.74) is 0. The van der Waals surface area contributed by atoms with Gasteiger partial charge in [-0.3, -0.25) is 14.8 Å². The van der Waals surface area contributed by atoms with Gasteiger partial charge in [0.1, 0.15) is 6.04 Å². The number of rotatable bonds is 7. The smallest absolute Gasteiger partial charge is 0.286 e. The minimum Gasteiger partial charge on any atom is -0.286 e. The predicted octanol–water partition coefficient (Wildman–Crippen LogP) is 2.59.